The molecular weight excluding hydrogens is 434 g/mol. The first-order chi connectivity index (χ1) is 15.0. The number of hydrogen-bond acceptors (Lipinski definition) is 7. The van der Waals surface area contributed by atoms with Crippen molar-refractivity contribution in [3.63, 3.8) is 0 Å². The van der Waals surface area contributed by atoms with Gasteiger partial charge in [0.15, 0.2) is 0 Å². The van der Waals surface area contributed by atoms with E-state index in [4.69, 9.17) is 11.5 Å². The van der Waals surface area contributed by atoms with Crippen LogP contribution in [0.4, 0.5) is 0 Å². The predicted molar refractivity (Wildman–Crippen MR) is 127 cm³/mol. The van der Waals surface area contributed by atoms with Gasteiger partial charge in [0.2, 0.25) is 17.7 Å². The molecule has 10 nitrogen and oxygen atoms in total. The van der Waals surface area contributed by atoms with Crippen molar-refractivity contribution in [3.8, 4) is 0 Å². The normalized spacial score (nSPS) is 16.7. The second-order valence-corrected chi connectivity index (χ2v) is 8.58. The molecule has 8 N–H and O–H groups in total. The topological polar surface area (TPSA) is 177 Å². The minimum atomic E-state index is -1.21. The number of nitrogens with one attached hydrogen (secondary N) is 3. The minimum absolute atomic E-state index is 0.0875. The Morgan fingerprint density at radius 2 is 1.34 bits per heavy atom. The summed E-state index contributed by atoms with van der Waals surface area (Å²) in [6.45, 7) is 7.87. The minimum Gasteiger partial charge on any atom is -0.480 e. The molecule has 0 aromatic heterocycles. The lowest BCUT2D eigenvalue weighted by Crippen LogP contribution is -2.60. The van der Waals surface area contributed by atoms with Crippen LogP contribution in [0.3, 0.4) is 0 Å². The van der Waals surface area contributed by atoms with Crippen molar-refractivity contribution in [3.05, 3.63) is 0 Å². The summed E-state index contributed by atoms with van der Waals surface area (Å²) in [5, 5.41) is 17.0. The van der Waals surface area contributed by atoms with Gasteiger partial charge in [-0.1, -0.05) is 47.0 Å². The van der Waals surface area contributed by atoms with Gasteiger partial charge in [0, 0.05) is 5.75 Å². The predicted octanol–water partition coefficient (Wildman–Crippen LogP) is 0.00370. The zero-order chi connectivity index (χ0) is 24.8. The number of carboxylic acid groups (broad SMARTS) is 1. The van der Waals surface area contributed by atoms with Crippen LogP contribution < -0.4 is 27.4 Å². The highest BCUT2D eigenvalue weighted by atomic mass is 32.1. The number of thiol groups is 1. The lowest BCUT2D eigenvalue weighted by Gasteiger charge is -2.30. The van der Waals surface area contributed by atoms with E-state index < -0.39 is 47.9 Å². The van der Waals surface area contributed by atoms with Crippen LogP contribution in [0.5, 0.6) is 0 Å². The van der Waals surface area contributed by atoms with Gasteiger partial charge < -0.3 is 32.5 Å². The van der Waals surface area contributed by atoms with Gasteiger partial charge in [0.05, 0.1) is 6.04 Å². The molecule has 0 spiro atoms. The van der Waals surface area contributed by atoms with E-state index in [-0.39, 0.29) is 17.6 Å². The Morgan fingerprint density at radius 3 is 1.75 bits per heavy atom. The maximum atomic E-state index is 13.1. The Bertz CT molecular complexity index is 621. The maximum Gasteiger partial charge on any atom is 0.327 e. The molecule has 6 unspecified atom stereocenters. The average molecular weight is 476 g/mol. The number of rotatable bonds is 16. The van der Waals surface area contributed by atoms with Gasteiger partial charge in [-0.3, -0.25) is 14.4 Å². The first-order valence-corrected chi connectivity index (χ1v) is 11.9. The van der Waals surface area contributed by atoms with Crippen molar-refractivity contribution in [2.24, 2.45) is 23.3 Å². The highest BCUT2D eigenvalue weighted by Gasteiger charge is 2.34. The fourth-order valence-corrected chi connectivity index (χ4v) is 3.24. The summed E-state index contributed by atoms with van der Waals surface area (Å²) < 4.78 is 0. The standard InChI is InChI=1S/C21H41N5O5S/c1-5-12(3)16(19(28)24-15(11-32)21(30)31)26-20(29)17(13(4)6-2)25-18(27)14(23)9-7-8-10-22/h12-17,32H,5-11,22-23H2,1-4H3,(H,24,28)(H,25,27)(H,26,29)(H,30,31). The zero-order valence-corrected chi connectivity index (χ0v) is 20.5. The molecule has 0 bridgehead atoms. The summed E-state index contributed by atoms with van der Waals surface area (Å²) in [6, 6.07) is -3.78. The van der Waals surface area contributed by atoms with Crippen LogP contribution in [0.1, 0.15) is 59.8 Å². The van der Waals surface area contributed by atoms with Crippen LogP contribution >= 0.6 is 12.6 Å². The van der Waals surface area contributed by atoms with E-state index >= 15 is 0 Å². The molecule has 0 aliphatic rings. The fraction of sp³-hybridized carbons (Fsp3) is 0.810. The molecular formula is C21H41N5O5S. The van der Waals surface area contributed by atoms with E-state index in [0.29, 0.717) is 32.2 Å². The SMILES string of the molecule is CCC(C)C(NC(=O)C(N)CCCCN)C(=O)NC(C(=O)NC(CS)C(=O)O)C(C)CC. The van der Waals surface area contributed by atoms with E-state index in [0.717, 1.165) is 6.42 Å². The van der Waals surface area contributed by atoms with E-state index in [1.165, 1.54) is 0 Å². The highest BCUT2D eigenvalue weighted by Crippen LogP contribution is 2.13. The Labute approximate surface area is 196 Å². The van der Waals surface area contributed by atoms with E-state index in [2.05, 4.69) is 28.6 Å². The molecule has 11 heteroatoms. The summed E-state index contributed by atoms with van der Waals surface area (Å²) in [6.07, 6.45) is 3.10. The van der Waals surface area contributed by atoms with Crippen LogP contribution in [0.2, 0.25) is 0 Å². The van der Waals surface area contributed by atoms with Gasteiger partial charge in [-0.2, -0.15) is 12.6 Å². The average Bonchev–Trinajstić information content (AvgIpc) is 2.77. The number of aliphatic carboxylic acids is 1. The quantitative estimate of drug-likeness (QED) is 0.121. The number of unbranched alkanes of at least 4 members (excludes halogenated alkanes) is 1. The summed E-state index contributed by atoms with van der Waals surface area (Å²) >= 11 is 3.95. The van der Waals surface area contributed by atoms with Crippen molar-refractivity contribution >= 4 is 36.3 Å². The number of amides is 3. The lowest BCUT2D eigenvalue weighted by atomic mass is 9.94. The second-order valence-electron chi connectivity index (χ2n) is 8.22. The molecule has 0 aliphatic carbocycles. The van der Waals surface area contributed by atoms with E-state index in [1.807, 2.05) is 20.8 Å². The third-order valence-electron chi connectivity index (χ3n) is 5.69. The Morgan fingerprint density at radius 1 is 0.875 bits per heavy atom. The van der Waals surface area contributed by atoms with Crippen LogP contribution in [0, 0.1) is 11.8 Å². The smallest absolute Gasteiger partial charge is 0.327 e. The number of nitrogens with two attached hydrogens (primary N) is 2. The Kier molecular flexibility index (Phi) is 15.0. The van der Waals surface area contributed by atoms with Gasteiger partial charge in [0.25, 0.3) is 0 Å². The molecule has 32 heavy (non-hydrogen) atoms. The molecule has 6 atom stereocenters. The molecule has 0 saturated carbocycles. The molecule has 0 radical (unpaired) electrons. The first-order valence-electron chi connectivity index (χ1n) is 11.2. The van der Waals surface area contributed by atoms with Crippen LogP contribution in [0.25, 0.3) is 0 Å². The number of carbonyl (C=O) groups excluding carboxylic acids is 3. The fourth-order valence-electron chi connectivity index (χ4n) is 2.99. The molecule has 0 rings (SSSR count). The van der Waals surface area contributed by atoms with Crippen molar-refractivity contribution in [1.29, 1.82) is 0 Å². The van der Waals surface area contributed by atoms with E-state index in [9.17, 15) is 24.3 Å². The molecule has 0 aromatic carbocycles. The molecule has 0 heterocycles. The molecule has 0 aliphatic heterocycles. The number of carboxylic acids is 1. The van der Waals surface area contributed by atoms with E-state index in [1.54, 1.807) is 6.92 Å². The third kappa shape index (κ3) is 10.2. The number of hydrogen-bond donors (Lipinski definition) is 7. The summed E-state index contributed by atoms with van der Waals surface area (Å²) in [5.74, 6) is -3.33. The van der Waals surface area contributed by atoms with Crippen molar-refractivity contribution in [1.82, 2.24) is 16.0 Å². The van der Waals surface area contributed by atoms with Gasteiger partial charge in [-0.05, 0) is 31.2 Å². The molecule has 186 valence electrons. The summed E-state index contributed by atoms with van der Waals surface area (Å²) in [5.41, 5.74) is 11.4. The largest absolute Gasteiger partial charge is 0.480 e. The highest BCUT2D eigenvalue weighted by molar-refractivity contribution is 7.80. The number of carbonyl (C=O) groups is 4. The summed E-state index contributed by atoms with van der Waals surface area (Å²) in [4.78, 5) is 49.6. The lowest BCUT2D eigenvalue weighted by molar-refractivity contribution is -0.142. The molecule has 3 amide bonds. The second kappa shape index (κ2) is 15.9. The molecule has 0 saturated heterocycles. The van der Waals surface area contributed by atoms with Crippen molar-refractivity contribution in [2.45, 2.75) is 84.0 Å². The molecule has 0 fully saturated rings. The van der Waals surface area contributed by atoms with Crippen molar-refractivity contribution < 1.29 is 24.3 Å². The van der Waals surface area contributed by atoms with Gasteiger partial charge in [0.1, 0.15) is 18.1 Å². The van der Waals surface area contributed by atoms with Gasteiger partial charge in [-0.25, -0.2) is 4.79 Å². The monoisotopic (exact) mass is 475 g/mol. The van der Waals surface area contributed by atoms with Crippen LogP contribution in [-0.4, -0.2) is 65.3 Å². The zero-order valence-electron chi connectivity index (χ0n) is 19.6. The van der Waals surface area contributed by atoms with Crippen LogP contribution in [0.15, 0.2) is 0 Å². The Balaban J connectivity index is 5.43. The first kappa shape index (κ1) is 30.1. The summed E-state index contributed by atoms with van der Waals surface area (Å²) in [7, 11) is 0. The third-order valence-corrected chi connectivity index (χ3v) is 6.05. The van der Waals surface area contributed by atoms with Crippen molar-refractivity contribution in [2.75, 3.05) is 12.3 Å². The Hall–Kier alpha value is -1.85. The van der Waals surface area contributed by atoms with Crippen LogP contribution in [-0.2, 0) is 19.2 Å². The molecule has 0 aromatic rings. The maximum absolute atomic E-state index is 13.1. The van der Waals surface area contributed by atoms with Gasteiger partial charge in [-0.15, -0.1) is 0 Å². The van der Waals surface area contributed by atoms with Gasteiger partial charge >= 0.3 is 5.97 Å².